The molecule has 0 aliphatic heterocycles. The van der Waals surface area contributed by atoms with Crippen LogP contribution in [-0.2, 0) is 9.47 Å². The second kappa shape index (κ2) is 8.15. The highest BCUT2D eigenvalue weighted by atomic mass is 16.5. The Morgan fingerprint density at radius 1 is 1.38 bits per heavy atom. The Labute approximate surface area is 144 Å². The van der Waals surface area contributed by atoms with Crippen LogP contribution in [0, 0.1) is 6.92 Å². The van der Waals surface area contributed by atoms with Gasteiger partial charge in [0.25, 0.3) is 0 Å². The van der Waals surface area contributed by atoms with Crippen LogP contribution in [0.5, 0.6) is 0 Å². The molecule has 0 amide bonds. The van der Waals surface area contributed by atoms with Gasteiger partial charge < -0.3 is 13.9 Å². The summed E-state index contributed by atoms with van der Waals surface area (Å²) >= 11 is 0. The second-order valence-electron chi connectivity index (χ2n) is 6.17. The summed E-state index contributed by atoms with van der Waals surface area (Å²) in [7, 11) is 0. The number of pyridine rings is 1. The summed E-state index contributed by atoms with van der Waals surface area (Å²) in [4.78, 5) is 12.4. The topological polar surface area (TPSA) is 39.9 Å². The lowest BCUT2D eigenvalue weighted by Crippen LogP contribution is -2.16. The zero-order valence-electron chi connectivity index (χ0n) is 15.1. The van der Waals surface area contributed by atoms with Gasteiger partial charge in [0, 0.05) is 11.7 Å². The third-order valence-electron chi connectivity index (χ3n) is 3.98. The van der Waals surface area contributed by atoms with Gasteiger partial charge in [0.1, 0.15) is 0 Å². The molecule has 1 atom stereocenters. The minimum absolute atomic E-state index is 0.101. The molecule has 0 aliphatic rings. The molecule has 0 spiro atoms. The molecule has 0 aromatic carbocycles. The van der Waals surface area contributed by atoms with E-state index < -0.39 is 0 Å². The zero-order chi connectivity index (χ0) is 17.7. The number of fused-ring (bicyclic) bond motifs is 1. The summed E-state index contributed by atoms with van der Waals surface area (Å²) in [6.45, 7) is 12.8. The molecule has 0 aliphatic carbocycles. The van der Waals surface area contributed by atoms with E-state index in [1.807, 2.05) is 45.2 Å². The number of aromatic nitrogens is 1. The molecule has 0 N–H and O–H groups in total. The van der Waals surface area contributed by atoms with Crippen molar-refractivity contribution >= 4 is 11.5 Å². The van der Waals surface area contributed by atoms with Crippen LogP contribution in [0.25, 0.3) is 5.52 Å². The normalized spacial score (nSPS) is 12.3. The molecule has 24 heavy (non-hydrogen) atoms. The molecule has 2 aromatic heterocycles. The van der Waals surface area contributed by atoms with E-state index in [-0.39, 0.29) is 12.1 Å². The molecule has 1 unspecified atom stereocenters. The lowest BCUT2D eigenvalue weighted by Gasteiger charge is -2.22. The summed E-state index contributed by atoms with van der Waals surface area (Å²) < 4.78 is 13.5. The molecule has 130 valence electrons. The lowest BCUT2D eigenvalue weighted by molar-refractivity contribution is 0.0499. The fourth-order valence-corrected chi connectivity index (χ4v) is 2.82. The lowest BCUT2D eigenvalue weighted by atomic mass is 10.0. The fourth-order valence-electron chi connectivity index (χ4n) is 2.82. The van der Waals surface area contributed by atoms with Crippen LogP contribution in [0.15, 0.2) is 36.5 Å². The maximum absolute atomic E-state index is 12.4. The Balaban J connectivity index is 2.49. The van der Waals surface area contributed by atoms with Crippen molar-refractivity contribution < 1.29 is 14.3 Å². The van der Waals surface area contributed by atoms with Crippen molar-refractivity contribution in [3.8, 4) is 0 Å². The first-order chi connectivity index (χ1) is 11.5. The molecule has 2 rings (SSSR count). The largest absolute Gasteiger partial charge is 0.462 e. The van der Waals surface area contributed by atoms with Crippen LogP contribution in [0.2, 0.25) is 0 Å². The highest BCUT2D eigenvalue weighted by molar-refractivity contribution is 5.92. The molecular formula is C20H27NO3. The summed E-state index contributed by atoms with van der Waals surface area (Å²) in [6, 6.07) is 5.86. The van der Waals surface area contributed by atoms with E-state index in [1.54, 1.807) is 0 Å². The number of carbonyl (C=O) groups is 1. The van der Waals surface area contributed by atoms with Crippen molar-refractivity contribution in [1.82, 2.24) is 4.40 Å². The van der Waals surface area contributed by atoms with Crippen molar-refractivity contribution in [1.29, 1.82) is 0 Å². The van der Waals surface area contributed by atoms with E-state index >= 15 is 0 Å². The first-order valence-electron chi connectivity index (χ1n) is 8.53. The van der Waals surface area contributed by atoms with Crippen molar-refractivity contribution in [3.63, 3.8) is 0 Å². The molecule has 2 aromatic rings. The van der Waals surface area contributed by atoms with Gasteiger partial charge in [0.05, 0.1) is 30.6 Å². The molecule has 0 fully saturated rings. The predicted molar refractivity (Wildman–Crippen MR) is 96.5 cm³/mol. The summed E-state index contributed by atoms with van der Waals surface area (Å²) in [5.74, 6) is -0.269. The van der Waals surface area contributed by atoms with Gasteiger partial charge in [0.2, 0.25) is 0 Å². The smallest absolute Gasteiger partial charge is 0.338 e. The summed E-state index contributed by atoms with van der Waals surface area (Å²) in [6.07, 6.45) is 3.53. The van der Waals surface area contributed by atoms with Gasteiger partial charge in [0.15, 0.2) is 0 Å². The first kappa shape index (κ1) is 18.3. The Kier molecular flexibility index (Phi) is 6.21. The Hall–Kier alpha value is -2.07. The van der Waals surface area contributed by atoms with Gasteiger partial charge in [-0.3, -0.25) is 0 Å². The zero-order valence-corrected chi connectivity index (χ0v) is 15.1. The maximum Gasteiger partial charge on any atom is 0.338 e. The van der Waals surface area contributed by atoms with Crippen LogP contribution in [0.3, 0.4) is 0 Å². The number of hydrogen-bond acceptors (Lipinski definition) is 3. The maximum atomic E-state index is 12.4. The number of hydrogen-bond donors (Lipinski definition) is 0. The van der Waals surface area contributed by atoms with Gasteiger partial charge in [-0.05, 0) is 50.5 Å². The number of esters is 1. The molecule has 2 heterocycles. The highest BCUT2D eigenvalue weighted by Gasteiger charge is 2.22. The number of ether oxygens (including phenoxy) is 2. The van der Waals surface area contributed by atoms with Gasteiger partial charge in [-0.1, -0.05) is 26.0 Å². The van der Waals surface area contributed by atoms with Gasteiger partial charge in [-0.25, -0.2) is 4.79 Å². The van der Waals surface area contributed by atoms with E-state index in [9.17, 15) is 4.79 Å². The number of nitrogens with zero attached hydrogens (tertiary/aromatic N) is 1. The van der Waals surface area contributed by atoms with Crippen molar-refractivity contribution in [3.05, 3.63) is 53.4 Å². The molecule has 0 saturated carbocycles. The summed E-state index contributed by atoms with van der Waals surface area (Å²) in [5.41, 5.74) is 4.48. The van der Waals surface area contributed by atoms with E-state index in [1.165, 1.54) is 0 Å². The minimum atomic E-state index is -0.269. The average molecular weight is 329 g/mol. The first-order valence-corrected chi connectivity index (χ1v) is 8.53. The molecule has 4 heteroatoms. The van der Waals surface area contributed by atoms with E-state index in [0.29, 0.717) is 18.8 Å². The van der Waals surface area contributed by atoms with E-state index in [0.717, 1.165) is 35.2 Å². The summed E-state index contributed by atoms with van der Waals surface area (Å²) in [5, 5.41) is 0. The average Bonchev–Trinajstić information content (AvgIpc) is 3.02. The van der Waals surface area contributed by atoms with Crippen molar-refractivity contribution in [2.45, 2.75) is 46.6 Å². The fraction of sp³-hybridized carbons (Fsp3) is 0.450. The van der Waals surface area contributed by atoms with Crippen LogP contribution < -0.4 is 0 Å². The molecule has 4 nitrogen and oxygen atoms in total. The molecule has 0 bridgehead atoms. The third-order valence-corrected chi connectivity index (χ3v) is 3.98. The SMILES string of the molecule is C=C(C)COC(CC)c1c(C)c(C(=O)OCCC)cc2cccn12. The van der Waals surface area contributed by atoms with Crippen LogP contribution in [0.1, 0.15) is 61.3 Å². The molecule has 0 radical (unpaired) electrons. The molecule has 0 saturated heterocycles. The monoisotopic (exact) mass is 329 g/mol. The second-order valence-corrected chi connectivity index (χ2v) is 6.17. The predicted octanol–water partition coefficient (Wildman–Crippen LogP) is 4.86. The van der Waals surface area contributed by atoms with E-state index in [4.69, 9.17) is 9.47 Å². The number of carbonyl (C=O) groups excluding carboxylic acids is 1. The van der Waals surface area contributed by atoms with Crippen LogP contribution >= 0.6 is 0 Å². The Morgan fingerprint density at radius 3 is 2.75 bits per heavy atom. The van der Waals surface area contributed by atoms with Gasteiger partial charge in [-0.15, -0.1) is 0 Å². The van der Waals surface area contributed by atoms with Crippen LogP contribution in [-0.4, -0.2) is 23.6 Å². The van der Waals surface area contributed by atoms with Crippen molar-refractivity contribution in [2.75, 3.05) is 13.2 Å². The Bertz CT molecular complexity index is 730. The van der Waals surface area contributed by atoms with E-state index in [2.05, 4.69) is 17.9 Å². The van der Waals surface area contributed by atoms with Gasteiger partial charge in [-0.2, -0.15) is 0 Å². The molecular weight excluding hydrogens is 302 g/mol. The van der Waals surface area contributed by atoms with Gasteiger partial charge >= 0.3 is 5.97 Å². The third kappa shape index (κ3) is 3.88. The quantitative estimate of drug-likeness (QED) is 0.513. The Morgan fingerprint density at radius 2 is 2.12 bits per heavy atom. The van der Waals surface area contributed by atoms with Crippen molar-refractivity contribution in [2.24, 2.45) is 0 Å². The highest BCUT2D eigenvalue weighted by Crippen LogP contribution is 2.29. The minimum Gasteiger partial charge on any atom is -0.462 e. The standard InChI is InChI=1S/C20H27NO3/c1-6-11-23-20(22)17-12-16-9-8-10-21(16)19(15(17)5)18(7-2)24-13-14(3)4/h8-10,12,18H,3,6-7,11,13H2,1-2,4-5H3. The number of rotatable bonds is 8. The van der Waals surface area contributed by atoms with Crippen LogP contribution in [0.4, 0.5) is 0 Å².